The van der Waals surface area contributed by atoms with Gasteiger partial charge >= 0.3 is 0 Å². The van der Waals surface area contributed by atoms with E-state index in [2.05, 4.69) is 9.71 Å². The fourth-order valence-corrected chi connectivity index (χ4v) is 2.27. The molecule has 0 aromatic carbocycles. The number of aliphatic hydroxyl groups excluding tert-OH is 1. The second kappa shape index (κ2) is 7.49. The van der Waals surface area contributed by atoms with Gasteiger partial charge < -0.3 is 19.6 Å². The molecular weight excluding hydrogens is 260 g/mol. The molecule has 0 fully saturated rings. The number of methoxy groups -OCH3 is 1. The summed E-state index contributed by atoms with van der Waals surface area (Å²) in [5.41, 5.74) is 0.451. The average molecular weight is 278 g/mol. The SMILES string of the molecule is COCCOCCNS(=O)(=O)c1c[nH]c(CO)c1. The van der Waals surface area contributed by atoms with Crippen molar-refractivity contribution in [2.24, 2.45) is 0 Å². The molecule has 1 aromatic rings. The Labute approximate surface area is 106 Å². The number of aliphatic hydroxyl groups is 1. The fourth-order valence-electron chi connectivity index (χ4n) is 1.24. The highest BCUT2D eigenvalue weighted by Crippen LogP contribution is 2.09. The number of sulfonamides is 1. The predicted molar refractivity (Wildman–Crippen MR) is 64.6 cm³/mol. The van der Waals surface area contributed by atoms with E-state index in [1.54, 1.807) is 7.11 Å². The molecule has 18 heavy (non-hydrogen) atoms. The molecule has 0 saturated carbocycles. The van der Waals surface area contributed by atoms with E-state index in [9.17, 15) is 8.42 Å². The molecule has 0 amide bonds. The normalized spacial score (nSPS) is 11.9. The third-order valence-electron chi connectivity index (χ3n) is 2.17. The molecule has 0 saturated heterocycles. The van der Waals surface area contributed by atoms with Crippen LogP contribution < -0.4 is 4.72 Å². The number of hydrogen-bond acceptors (Lipinski definition) is 5. The summed E-state index contributed by atoms with van der Waals surface area (Å²) in [4.78, 5) is 2.76. The Kier molecular flexibility index (Phi) is 6.30. The summed E-state index contributed by atoms with van der Waals surface area (Å²) in [5, 5.41) is 8.83. The van der Waals surface area contributed by atoms with E-state index in [1.807, 2.05) is 0 Å². The first-order valence-corrected chi connectivity index (χ1v) is 6.93. The van der Waals surface area contributed by atoms with Crippen LogP contribution >= 0.6 is 0 Å². The lowest BCUT2D eigenvalue weighted by Crippen LogP contribution is -2.27. The van der Waals surface area contributed by atoms with Gasteiger partial charge in [0.1, 0.15) is 0 Å². The third-order valence-corrected chi connectivity index (χ3v) is 3.61. The number of hydrogen-bond donors (Lipinski definition) is 3. The molecule has 7 nitrogen and oxygen atoms in total. The molecule has 0 aliphatic rings. The highest BCUT2D eigenvalue weighted by molar-refractivity contribution is 7.89. The first-order chi connectivity index (χ1) is 8.60. The van der Waals surface area contributed by atoms with Crippen LogP contribution in [-0.2, 0) is 26.1 Å². The molecule has 1 rings (SSSR count). The molecule has 0 aliphatic carbocycles. The summed E-state index contributed by atoms with van der Waals surface area (Å²) in [6.07, 6.45) is 1.33. The van der Waals surface area contributed by atoms with Crippen molar-refractivity contribution >= 4 is 10.0 Å². The van der Waals surface area contributed by atoms with Gasteiger partial charge in [0, 0.05) is 25.5 Å². The van der Waals surface area contributed by atoms with Gasteiger partial charge in [0.15, 0.2) is 0 Å². The van der Waals surface area contributed by atoms with Crippen LogP contribution in [0, 0.1) is 0 Å². The summed E-state index contributed by atoms with van der Waals surface area (Å²) >= 11 is 0. The van der Waals surface area contributed by atoms with Gasteiger partial charge in [-0.25, -0.2) is 13.1 Å². The molecule has 0 bridgehead atoms. The van der Waals surface area contributed by atoms with E-state index in [1.165, 1.54) is 12.3 Å². The van der Waals surface area contributed by atoms with Crippen molar-refractivity contribution in [3.8, 4) is 0 Å². The molecule has 1 heterocycles. The predicted octanol–water partition coefficient (Wildman–Crippen LogP) is -0.552. The van der Waals surface area contributed by atoms with Crippen LogP contribution in [0.4, 0.5) is 0 Å². The molecule has 0 unspecified atom stereocenters. The van der Waals surface area contributed by atoms with Crippen LogP contribution in [0.15, 0.2) is 17.2 Å². The maximum atomic E-state index is 11.8. The van der Waals surface area contributed by atoms with Crippen molar-refractivity contribution < 1.29 is 23.0 Å². The maximum Gasteiger partial charge on any atom is 0.242 e. The van der Waals surface area contributed by atoms with Gasteiger partial charge in [0.2, 0.25) is 10.0 Å². The number of aromatic amines is 1. The van der Waals surface area contributed by atoms with Gasteiger partial charge in [0.25, 0.3) is 0 Å². The largest absolute Gasteiger partial charge is 0.390 e. The number of aromatic nitrogens is 1. The summed E-state index contributed by atoms with van der Waals surface area (Å²) in [5.74, 6) is 0. The van der Waals surface area contributed by atoms with Crippen molar-refractivity contribution in [3.05, 3.63) is 18.0 Å². The quantitative estimate of drug-likeness (QED) is 0.526. The smallest absolute Gasteiger partial charge is 0.242 e. The van der Waals surface area contributed by atoms with Crippen molar-refractivity contribution in [2.75, 3.05) is 33.5 Å². The van der Waals surface area contributed by atoms with Crippen LogP contribution in [0.3, 0.4) is 0 Å². The Morgan fingerprint density at radius 3 is 2.78 bits per heavy atom. The Morgan fingerprint density at radius 1 is 1.39 bits per heavy atom. The first kappa shape index (κ1) is 15.1. The topological polar surface area (TPSA) is 101 Å². The van der Waals surface area contributed by atoms with Gasteiger partial charge in [-0.3, -0.25) is 0 Å². The molecule has 0 spiro atoms. The second-order valence-electron chi connectivity index (χ2n) is 3.52. The van der Waals surface area contributed by atoms with Gasteiger partial charge in [-0.2, -0.15) is 0 Å². The molecule has 3 N–H and O–H groups in total. The summed E-state index contributed by atoms with van der Waals surface area (Å²) in [6.45, 7) is 1.14. The molecule has 8 heteroatoms. The second-order valence-corrected chi connectivity index (χ2v) is 5.29. The minimum atomic E-state index is -3.55. The van der Waals surface area contributed by atoms with E-state index < -0.39 is 10.0 Å². The van der Waals surface area contributed by atoms with E-state index in [0.29, 0.717) is 18.9 Å². The zero-order chi connectivity index (χ0) is 13.4. The summed E-state index contributed by atoms with van der Waals surface area (Å²) < 4.78 is 35.8. The zero-order valence-corrected chi connectivity index (χ0v) is 11.0. The first-order valence-electron chi connectivity index (χ1n) is 5.44. The van der Waals surface area contributed by atoms with Gasteiger partial charge in [-0.05, 0) is 6.07 Å². The molecule has 1 aromatic heterocycles. The molecular formula is C10H18N2O5S. The Morgan fingerprint density at radius 2 is 2.17 bits per heavy atom. The van der Waals surface area contributed by atoms with Crippen LogP contribution in [0.1, 0.15) is 5.69 Å². The number of ether oxygens (including phenoxy) is 2. The Bertz CT molecular complexity index is 443. The van der Waals surface area contributed by atoms with Crippen LogP contribution in [0.5, 0.6) is 0 Å². The van der Waals surface area contributed by atoms with E-state index in [4.69, 9.17) is 14.6 Å². The van der Waals surface area contributed by atoms with Crippen molar-refractivity contribution in [1.29, 1.82) is 0 Å². The van der Waals surface area contributed by atoms with Gasteiger partial charge in [0.05, 0.1) is 31.3 Å². The standard InChI is InChI=1S/C10H18N2O5S/c1-16-4-5-17-3-2-12-18(14,15)10-6-9(8-13)11-7-10/h6-7,11-13H,2-5,8H2,1H3. The third kappa shape index (κ3) is 4.75. The highest BCUT2D eigenvalue weighted by Gasteiger charge is 2.14. The summed E-state index contributed by atoms with van der Waals surface area (Å²) in [7, 11) is -1.98. The summed E-state index contributed by atoms with van der Waals surface area (Å²) in [6, 6.07) is 1.38. The van der Waals surface area contributed by atoms with E-state index in [0.717, 1.165) is 0 Å². The fraction of sp³-hybridized carbons (Fsp3) is 0.600. The minimum Gasteiger partial charge on any atom is -0.390 e. The molecule has 104 valence electrons. The van der Waals surface area contributed by atoms with Gasteiger partial charge in [-0.15, -0.1) is 0 Å². The zero-order valence-electron chi connectivity index (χ0n) is 10.2. The Hall–Kier alpha value is -0.930. The lowest BCUT2D eigenvalue weighted by Gasteiger charge is -2.05. The molecule has 0 radical (unpaired) electrons. The minimum absolute atomic E-state index is 0.100. The molecule has 0 aliphatic heterocycles. The lowest BCUT2D eigenvalue weighted by atomic mass is 10.5. The number of H-pyrrole nitrogens is 1. The lowest BCUT2D eigenvalue weighted by molar-refractivity contribution is 0.0736. The van der Waals surface area contributed by atoms with Crippen molar-refractivity contribution in [1.82, 2.24) is 9.71 Å². The van der Waals surface area contributed by atoms with Crippen LogP contribution in [-0.4, -0.2) is 52.0 Å². The van der Waals surface area contributed by atoms with Crippen LogP contribution in [0.2, 0.25) is 0 Å². The average Bonchev–Trinajstić information content (AvgIpc) is 2.83. The van der Waals surface area contributed by atoms with Crippen molar-refractivity contribution in [3.63, 3.8) is 0 Å². The van der Waals surface area contributed by atoms with Crippen LogP contribution in [0.25, 0.3) is 0 Å². The highest BCUT2D eigenvalue weighted by atomic mass is 32.2. The Balaban J connectivity index is 2.36. The monoisotopic (exact) mass is 278 g/mol. The van der Waals surface area contributed by atoms with Crippen molar-refractivity contribution in [2.45, 2.75) is 11.5 Å². The maximum absolute atomic E-state index is 11.8. The van der Waals surface area contributed by atoms with E-state index in [-0.39, 0.29) is 24.7 Å². The van der Waals surface area contributed by atoms with Gasteiger partial charge in [-0.1, -0.05) is 0 Å². The number of nitrogens with one attached hydrogen (secondary N) is 2. The molecule has 0 atom stereocenters. The number of rotatable bonds is 9. The van der Waals surface area contributed by atoms with E-state index >= 15 is 0 Å².